The van der Waals surface area contributed by atoms with Crippen molar-refractivity contribution in [2.75, 3.05) is 16.8 Å². The van der Waals surface area contributed by atoms with E-state index in [2.05, 4.69) is 39.7 Å². The maximum Gasteiger partial charge on any atom is 0.293 e. The molecule has 94 valence electrons. The Kier molecular flexibility index (Phi) is 3.86. The second-order valence-electron chi connectivity index (χ2n) is 4.67. The molecule has 2 rings (SSSR count). The predicted octanol–water partition coefficient (Wildman–Crippen LogP) is 2.19. The Morgan fingerprint density at radius 1 is 1.59 bits per heavy atom. The normalized spacial score (nSPS) is 15.3. The Labute approximate surface area is 110 Å². The molecule has 0 unspecified atom stereocenters. The van der Waals surface area contributed by atoms with Crippen molar-refractivity contribution >= 4 is 21.7 Å². The number of nitrogens with zero attached hydrogens (tertiary/aromatic N) is 3. The lowest BCUT2D eigenvalue weighted by Crippen LogP contribution is -2.39. The van der Waals surface area contributed by atoms with Crippen molar-refractivity contribution < 1.29 is 0 Å². The molecule has 0 aliphatic heterocycles. The number of hydrogen-bond donors (Lipinski definition) is 0. The Balaban J connectivity index is 2.35. The molecule has 1 saturated carbocycles. The molecule has 1 fully saturated rings. The van der Waals surface area contributed by atoms with E-state index in [0.29, 0.717) is 11.9 Å². The highest BCUT2D eigenvalue weighted by atomic mass is 79.9. The molecule has 0 spiro atoms. The van der Waals surface area contributed by atoms with Crippen LogP contribution >= 0.6 is 15.9 Å². The van der Waals surface area contributed by atoms with Gasteiger partial charge in [0.1, 0.15) is 0 Å². The zero-order chi connectivity index (χ0) is 12.4. The first kappa shape index (κ1) is 12.6. The molecule has 0 radical (unpaired) electrons. The van der Waals surface area contributed by atoms with Gasteiger partial charge in [0, 0.05) is 36.4 Å². The molecular formula is C12H18BrN3O. The molecule has 0 saturated heterocycles. The lowest BCUT2D eigenvalue weighted by Gasteiger charge is -2.26. The fourth-order valence-corrected chi connectivity index (χ4v) is 2.33. The summed E-state index contributed by atoms with van der Waals surface area (Å²) in [7, 11) is 0. The van der Waals surface area contributed by atoms with Crippen molar-refractivity contribution in [2.24, 2.45) is 0 Å². The van der Waals surface area contributed by atoms with E-state index in [1.54, 1.807) is 12.4 Å². The van der Waals surface area contributed by atoms with Gasteiger partial charge in [-0.25, -0.2) is 4.98 Å². The average Bonchev–Trinajstić information content (AvgIpc) is 3.10. The van der Waals surface area contributed by atoms with E-state index >= 15 is 0 Å². The molecule has 1 aromatic heterocycles. The van der Waals surface area contributed by atoms with Crippen LogP contribution in [-0.2, 0) is 0 Å². The van der Waals surface area contributed by atoms with Crippen molar-refractivity contribution in [2.45, 2.75) is 38.8 Å². The third-order valence-electron chi connectivity index (χ3n) is 3.01. The highest BCUT2D eigenvalue weighted by Crippen LogP contribution is 2.33. The summed E-state index contributed by atoms with van der Waals surface area (Å²) in [6.45, 7) is 4.96. The molecule has 1 aliphatic carbocycles. The molecule has 1 aromatic rings. The van der Waals surface area contributed by atoms with Crippen LogP contribution in [0.2, 0.25) is 0 Å². The Morgan fingerprint density at radius 2 is 2.29 bits per heavy atom. The van der Waals surface area contributed by atoms with E-state index in [-0.39, 0.29) is 11.6 Å². The largest absolute Gasteiger partial charge is 0.349 e. The van der Waals surface area contributed by atoms with Gasteiger partial charge in [-0.2, -0.15) is 0 Å². The number of hydrogen-bond acceptors (Lipinski definition) is 3. The molecule has 0 amide bonds. The maximum atomic E-state index is 12.3. The second kappa shape index (κ2) is 5.21. The number of anilines is 1. The van der Waals surface area contributed by atoms with Crippen LogP contribution < -0.4 is 10.5 Å². The van der Waals surface area contributed by atoms with Crippen molar-refractivity contribution in [1.82, 2.24) is 9.55 Å². The predicted molar refractivity (Wildman–Crippen MR) is 73.0 cm³/mol. The lowest BCUT2D eigenvalue weighted by atomic mass is 10.3. The van der Waals surface area contributed by atoms with Crippen LogP contribution in [-0.4, -0.2) is 27.5 Å². The van der Waals surface area contributed by atoms with E-state index in [1.807, 2.05) is 4.57 Å². The molecule has 0 N–H and O–H groups in total. The lowest BCUT2D eigenvalue weighted by molar-refractivity contribution is 0.655. The SMILES string of the molecule is CC(C)N(CCBr)c1nccn(C2CC2)c1=O. The Bertz CT molecular complexity index is 440. The van der Waals surface area contributed by atoms with E-state index in [4.69, 9.17) is 0 Å². The molecular weight excluding hydrogens is 282 g/mol. The van der Waals surface area contributed by atoms with Gasteiger partial charge < -0.3 is 9.47 Å². The Morgan fingerprint density at radius 3 is 2.82 bits per heavy atom. The van der Waals surface area contributed by atoms with Crippen LogP contribution in [0.25, 0.3) is 0 Å². The molecule has 5 heteroatoms. The summed E-state index contributed by atoms with van der Waals surface area (Å²) in [5.74, 6) is 0.578. The minimum absolute atomic E-state index is 0.0460. The van der Waals surface area contributed by atoms with Crippen molar-refractivity contribution in [1.29, 1.82) is 0 Å². The number of alkyl halides is 1. The molecule has 0 atom stereocenters. The van der Waals surface area contributed by atoms with Gasteiger partial charge >= 0.3 is 0 Å². The van der Waals surface area contributed by atoms with Crippen LogP contribution in [0.15, 0.2) is 17.2 Å². The van der Waals surface area contributed by atoms with E-state index < -0.39 is 0 Å². The van der Waals surface area contributed by atoms with Gasteiger partial charge in [-0.15, -0.1) is 0 Å². The van der Waals surface area contributed by atoms with Crippen LogP contribution in [0, 0.1) is 0 Å². The molecule has 0 aromatic carbocycles. The topological polar surface area (TPSA) is 38.1 Å². The van der Waals surface area contributed by atoms with Gasteiger partial charge in [0.25, 0.3) is 5.56 Å². The van der Waals surface area contributed by atoms with Crippen molar-refractivity contribution in [3.8, 4) is 0 Å². The standard InChI is InChI=1S/C12H18BrN3O/c1-9(2)15(7-5-13)11-12(17)16(8-6-14-11)10-3-4-10/h6,8-10H,3-5,7H2,1-2H3. The first-order valence-corrected chi connectivity index (χ1v) is 7.17. The van der Waals surface area contributed by atoms with Crippen LogP contribution in [0.3, 0.4) is 0 Å². The highest BCUT2D eigenvalue weighted by Gasteiger charge is 2.26. The first-order valence-electron chi connectivity index (χ1n) is 6.05. The minimum Gasteiger partial charge on any atom is -0.349 e. The van der Waals surface area contributed by atoms with Gasteiger partial charge in [-0.1, -0.05) is 15.9 Å². The van der Waals surface area contributed by atoms with Crippen LogP contribution in [0.5, 0.6) is 0 Å². The molecule has 4 nitrogen and oxygen atoms in total. The van der Waals surface area contributed by atoms with Gasteiger partial charge in [-0.3, -0.25) is 4.79 Å². The van der Waals surface area contributed by atoms with E-state index in [1.165, 1.54) is 0 Å². The summed E-state index contributed by atoms with van der Waals surface area (Å²) < 4.78 is 1.83. The van der Waals surface area contributed by atoms with Gasteiger partial charge in [-0.05, 0) is 26.7 Å². The molecule has 1 heterocycles. The van der Waals surface area contributed by atoms with E-state index in [0.717, 1.165) is 24.7 Å². The van der Waals surface area contributed by atoms with Gasteiger partial charge in [0.15, 0.2) is 5.82 Å². The molecule has 0 bridgehead atoms. The zero-order valence-corrected chi connectivity index (χ0v) is 11.9. The summed E-state index contributed by atoms with van der Waals surface area (Å²) >= 11 is 3.42. The average molecular weight is 300 g/mol. The number of halogens is 1. The van der Waals surface area contributed by atoms with Crippen molar-refractivity contribution in [3.05, 3.63) is 22.7 Å². The van der Waals surface area contributed by atoms with E-state index in [9.17, 15) is 4.79 Å². The quantitative estimate of drug-likeness (QED) is 0.782. The Hall–Kier alpha value is -0.840. The number of aromatic nitrogens is 2. The second-order valence-corrected chi connectivity index (χ2v) is 5.46. The third-order valence-corrected chi connectivity index (χ3v) is 3.37. The maximum absolute atomic E-state index is 12.3. The first-order chi connectivity index (χ1) is 8.15. The number of rotatable bonds is 5. The fraction of sp³-hybridized carbons (Fsp3) is 0.667. The zero-order valence-electron chi connectivity index (χ0n) is 10.3. The molecule has 1 aliphatic rings. The monoisotopic (exact) mass is 299 g/mol. The molecule has 17 heavy (non-hydrogen) atoms. The van der Waals surface area contributed by atoms with Gasteiger partial charge in [0.05, 0.1) is 0 Å². The minimum atomic E-state index is 0.0460. The highest BCUT2D eigenvalue weighted by molar-refractivity contribution is 9.09. The summed E-state index contributed by atoms with van der Waals surface area (Å²) in [4.78, 5) is 18.6. The van der Waals surface area contributed by atoms with Crippen LogP contribution in [0.1, 0.15) is 32.7 Å². The van der Waals surface area contributed by atoms with Gasteiger partial charge in [0.2, 0.25) is 0 Å². The summed E-state index contributed by atoms with van der Waals surface area (Å²) in [6.07, 6.45) is 5.77. The summed E-state index contributed by atoms with van der Waals surface area (Å²) in [6, 6.07) is 0.685. The summed E-state index contributed by atoms with van der Waals surface area (Å²) in [5, 5.41) is 0.838. The smallest absolute Gasteiger partial charge is 0.293 e. The van der Waals surface area contributed by atoms with Crippen molar-refractivity contribution in [3.63, 3.8) is 0 Å². The summed E-state index contributed by atoms with van der Waals surface area (Å²) in [5.41, 5.74) is 0.0460. The van der Waals surface area contributed by atoms with Crippen LogP contribution in [0.4, 0.5) is 5.82 Å². The fourth-order valence-electron chi connectivity index (χ4n) is 1.95. The third kappa shape index (κ3) is 2.70.